The van der Waals surface area contributed by atoms with Crippen molar-refractivity contribution in [1.29, 1.82) is 0 Å². The summed E-state index contributed by atoms with van der Waals surface area (Å²) < 4.78 is 8.52. The second-order valence-corrected chi connectivity index (χ2v) is 11.0. The highest BCUT2D eigenvalue weighted by Crippen LogP contribution is 2.45. The molecule has 9 heteroatoms. The summed E-state index contributed by atoms with van der Waals surface area (Å²) in [4.78, 5) is 38.3. The zero-order valence-electron chi connectivity index (χ0n) is 22.6. The highest BCUT2D eigenvalue weighted by atomic mass is 32.1. The van der Waals surface area contributed by atoms with Gasteiger partial charge in [0.15, 0.2) is 10.9 Å². The molecule has 0 spiro atoms. The number of imidazole rings is 1. The van der Waals surface area contributed by atoms with E-state index in [4.69, 9.17) is 9.72 Å². The number of pyridine rings is 1. The number of rotatable bonds is 6. The van der Waals surface area contributed by atoms with Crippen LogP contribution in [-0.4, -0.2) is 37.8 Å². The number of nitrogens with zero attached hydrogens (tertiary/aromatic N) is 4. The van der Waals surface area contributed by atoms with Gasteiger partial charge in [-0.05, 0) is 74.2 Å². The molecule has 1 saturated heterocycles. The summed E-state index contributed by atoms with van der Waals surface area (Å²) in [7, 11) is 0. The Morgan fingerprint density at radius 3 is 2.67 bits per heavy atom. The SMILES string of the molecule is CCCOc1cccc(C2/C(=C(\O)c3c(C)nc4ccccn34)C(=O)C(=O)N2c2nc3c(C)cc(C)cc3s2)c1. The van der Waals surface area contributed by atoms with E-state index in [1.165, 1.54) is 16.2 Å². The van der Waals surface area contributed by atoms with Crippen molar-refractivity contribution in [3.63, 3.8) is 0 Å². The molecule has 202 valence electrons. The van der Waals surface area contributed by atoms with Crippen molar-refractivity contribution in [2.24, 2.45) is 0 Å². The van der Waals surface area contributed by atoms with Crippen molar-refractivity contribution in [1.82, 2.24) is 14.4 Å². The van der Waals surface area contributed by atoms with Crippen LogP contribution in [0.3, 0.4) is 0 Å². The van der Waals surface area contributed by atoms with Crippen molar-refractivity contribution in [2.75, 3.05) is 11.5 Å². The average molecular weight is 553 g/mol. The monoisotopic (exact) mass is 552 g/mol. The van der Waals surface area contributed by atoms with E-state index < -0.39 is 17.7 Å². The number of hydrogen-bond acceptors (Lipinski definition) is 7. The number of hydrogen-bond donors (Lipinski definition) is 1. The summed E-state index contributed by atoms with van der Waals surface area (Å²) in [5, 5.41) is 12.2. The number of aryl methyl sites for hydroxylation is 3. The maximum atomic E-state index is 13.8. The van der Waals surface area contributed by atoms with Gasteiger partial charge in [-0.3, -0.25) is 18.9 Å². The Bertz CT molecular complexity index is 1850. The Hall–Kier alpha value is -4.50. The molecular formula is C31H28N4O4S. The summed E-state index contributed by atoms with van der Waals surface area (Å²) in [5.41, 5.74) is 5.01. The zero-order chi connectivity index (χ0) is 28.1. The van der Waals surface area contributed by atoms with E-state index in [0.29, 0.717) is 40.1 Å². The fourth-order valence-electron chi connectivity index (χ4n) is 5.33. The Morgan fingerprint density at radius 2 is 1.88 bits per heavy atom. The van der Waals surface area contributed by atoms with Gasteiger partial charge in [-0.15, -0.1) is 0 Å². The standard InChI is InChI=1S/C31H28N4O4S/c1-5-13-39-21-10-8-9-20(16-21)27-24(28(36)26-19(4)32-23-11-6-7-12-34(23)26)29(37)30(38)35(27)31-33-25-18(3)14-17(2)15-22(25)40-31/h6-12,14-16,27,36H,5,13H2,1-4H3/b28-24+. The van der Waals surface area contributed by atoms with Crippen LogP contribution in [0, 0.1) is 20.8 Å². The summed E-state index contributed by atoms with van der Waals surface area (Å²) in [6, 6.07) is 16.0. The second kappa shape index (κ2) is 9.91. The van der Waals surface area contributed by atoms with Crippen LogP contribution in [0.4, 0.5) is 5.13 Å². The Kier molecular flexibility index (Phi) is 6.38. The van der Waals surface area contributed by atoms with Gasteiger partial charge in [0.05, 0.1) is 34.1 Å². The minimum Gasteiger partial charge on any atom is -0.505 e. The number of aliphatic hydroxyl groups excluding tert-OH is 1. The quantitative estimate of drug-likeness (QED) is 0.151. The van der Waals surface area contributed by atoms with Gasteiger partial charge >= 0.3 is 5.91 Å². The van der Waals surface area contributed by atoms with Crippen molar-refractivity contribution < 1.29 is 19.4 Å². The Labute approximate surface area is 235 Å². The Balaban J connectivity index is 1.60. The second-order valence-electron chi connectivity index (χ2n) is 9.99. The van der Waals surface area contributed by atoms with E-state index in [2.05, 4.69) is 4.98 Å². The fraction of sp³-hybridized carbons (Fsp3) is 0.226. The molecule has 0 aliphatic carbocycles. The Morgan fingerprint density at radius 1 is 1.05 bits per heavy atom. The van der Waals surface area contributed by atoms with Gasteiger partial charge in [-0.1, -0.05) is 42.5 Å². The molecular weight excluding hydrogens is 524 g/mol. The van der Waals surface area contributed by atoms with Crippen molar-refractivity contribution in [3.05, 3.63) is 94.4 Å². The van der Waals surface area contributed by atoms with E-state index in [-0.39, 0.29) is 11.3 Å². The van der Waals surface area contributed by atoms with E-state index in [1.54, 1.807) is 17.5 Å². The number of aliphatic hydroxyl groups is 1. The molecule has 3 aromatic heterocycles. The molecule has 1 unspecified atom stereocenters. The van der Waals surface area contributed by atoms with Crippen molar-refractivity contribution in [2.45, 2.75) is 40.2 Å². The van der Waals surface area contributed by atoms with Gasteiger partial charge in [-0.25, -0.2) is 9.97 Å². The molecule has 8 nitrogen and oxygen atoms in total. The minimum absolute atomic E-state index is 0.0152. The third-order valence-electron chi connectivity index (χ3n) is 7.04. The number of anilines is 1. The van der Waals surface area contributed by atoms with Crippen LogP contribution < -0.4 is 9.64 Å². The van der Waals surface area contributed by atoms with Gasteiger partial charge in [0.1, 0.15) is 17.1 Å². The van der Waals surface area contributed by atoms with Gasteiger partial charge in [0.25, 0.3) is 5.78 Å². The first-order chi connectivity index (χ1) is 19.3. The van der Waals surface area contributed by atoms with E-state index in [9.17, 15) is 14.7 Å². The molecule has 1 atom stereocenters. The molecule has 0 radical (unpaired) electrons. The summed E-state index contributed by atoms with van der Waals surface area (Å²) in [6.45, 7) is 8.31. The number of benzene rings is 2. The van der Waals surface area contributed by atoms with Crippen LogP contribution in [0.25, 0.3) is 21.6 Å². The zero-order valence-corrected chi connectivity index (χ0v) is 23.5. The maximum Gasteiger partial charge on any atom is 0.301 e. The van der Waals surface area contributed by atoms with E-state index in [0.717, 1.165) is 27.8 Å². The first kappa shape index (κ1) is 25.8. The normalized spacial score (nSPS) is 16.9. The molecule has 0 saturated carbocycles. The summed E-state index contributed by atoms with van der Waals surface area (Å²) in [5.74, 6) is -1.19. The lowest BCUT2D eigenvalue weighted by Crippen LogP contribution is -2.29. The molecule has 40 heavy (non-hydrogen) atoms. The predicted molar refractivity (Wildman–Crippen MR) is 156 cm³/mol. The molecule has 6 rings (SSSR count). The van der Waals surface area contributed by atoms with Crippen LogP contribution in [0.5, 0.6) is 5.75 Å². The lowest BCUT2D eigenvalue weighted by atomic mass is 9.96. The lowest BCUT2D eigenvalue weighted by Gasteiger charge is -2.23. The minimum atomic E-state index is -0.916. The molecule has 1 amide bonds. The molecule has 4 heterocycles. The van der Waals surface area contributed by atoms with Crippen molar-refractivity contribution >= 4 is 49.8 Å². The third-order valence-corrected chi connectivity index (χ3v) is 8.05. The highest BCUT2D eigenvalue weighted by molar-refractivity contribution is 7.22. The van der Waals surface area contributed by atoms with E-state index in [1.807, 2.05) is 75.4 Å². The lowest BCUT2D eigenvalue weighted by molar-refractivity contribution is -0.132. The van der Waals surface area contributed by atoms with Gasteiger partial charge < -0.3 is 9.84 Å². The highest BCUT2D eigenvalue weighted by Gasteiger charge is 2.48. The topological polar surface area (TPSA) is 97.0 Å². The van der Waals surface area contributed by atoms with Crippen LogP contribution in [0.1, 0.15) is 47.5 Å². The van der Waals surface area contributed by atoms with Crippen molar-refractivity contribution in [3.8, 4) is 5.75 Å². The van der Waals surface area contributed by atoms with E-state index >= 15 is 0 Å². The fourth-order valence-corrected chi connectivity index (χ4v) is 6.50. The summed E-state index contributed by atoms with van der Waals surface area (Å²) >= 11 is 1.35. The molecule has 0 bridgehead atoms. The van der Waals surface area contributed by atoms with Crippen LogP contribution >= 0.6 is 11.3 Å². The largest absolute Gasteiger partial charge is 0.505 e. The molecule has 1 aliphatic rings. The average Bonchev–Trinajstić information content (AvgIpc) is 3.58. The number of carbonyl (C=O) groups excluding carboxylic acids is 2. The van der Waals surface area contributed by atoms with Crippen LogP contribution in [-0.2, 0) is 9.59 Å². The molecule has 1 N–H and O–H groups in total. The first-order valence-electron chi connectivity index (χ1n) is 13.1. The van der Waals surface area contributed by atoms with Crippen LogP contribution in [0.2, 0.25) is 0 Å². The van der Waals surface area contributed by atoms with Gasteiger partial charge in [-0.2, -0.15) is 0 Å². The number of thiazole rings is 1. The first-order valence-corrected chi connectivity index (χ1v) is 14.0. The van der Waals surface area contributed by atoms with Crippen LogP contribution in [0.15, 0.2) is 66.4 Å². The maximum absolute atomic E-state index is 13.8. The number of amides is 1. The molecule has 1 fully saturated rings. The predicted octanol–water partition coefficient (Wildman–Crippen LogP) is 6.28. The number of carbonyl (C=O) groups is 2. The third kappa shape index (κ3) is 4.14. The molecule has 1 aliphatic heterocycles. The number of ether oxygens (including phenoxy) is 1. The molecule has 2 aromatic carbocycles. The number of aromatic nitrogens is 3. The number of fused-ring (bicyclic) bond motifs is 2. The van der Waals surface area contributed by atoms with Gasteiger partial charge in [0.2, 0.25) is 0 Å². The number of Topliss-reactive ketones (excluding diaryl/α,β-unsaturated/α-hetero) is 1. The smallest absolute Gasteiger partial charge is 0.301 e. The summed E-state index contributed by atoms with van der Waals surface area (Å²) in [6.07, 6.45) is 2.61. The number of ketones is 1. The van der Waals surface area contributed by atoms with Gasteiger partial charge in [0, 0.05) is 6.20 Å². The molecule has 5 aromatic rings.